The predicted octanol–water partition coefficient (Wildman–Crippen LogP) is 1.23. The summed E-state index contributed by atoms with van der Waals surface area (Å²) < 4.78 is 0. The molecular weight excluding hydrogens is 216 g/mol. The number of H-pyrrole nitrogens is 1. The number of rotatable bonds is 3. The monoisotopic (exact) mass is 230 g/mol. The van der Waals surface area contributed by atoms with Crippen molar-refractivity contribution in [3.8, 4) is 0 Å². The molecule has 0 aliphatic rings. The number of nitrogens with one attached hydrogen (secondary N) is 2. The zero-order chi connectivity index (χ0) is 12.3. The van der Waals surface area contributed by atoms with Gasteiger partial charge in [-0.1, -0.05) is 29.8 Å². The number of nitrogens with two attached hydrogens (primary N) is 1. The first-order chi connectivity index (χ1) is 8.16. The van der Waals surface area contributed by atoms with Crippen LogP contribution in [-0.4, -0.2) is 16.1 Å². The molecule has 17 heavy (non-hydrogen) atoms. The van der Waals surface area contributed by atoms with Crippen molar-refractivity contribution < 1.29 is 4.79 Å². The summed E-state index contributed by atoms with van der Waals surface area (Å²) in [6.45, 7) is 2.49. The average Bonchev–Trinajstić information content (AvgIpc) is 2.72. The number of hydrogen-bond acceptors (Lipinski definition) is 3. The van der Waals surface area contributed by atoms with Gasteiger partial charge in [0.1, 0.15) is 11.4 Å². The highest BCUT2D eigenvalue weighted by molar-refractivity contribution is 5.97. The SMILES string of the molecule is Cc1cccc(CNC(=O)c2cn[nH]c2N)c1. The van der Waals surface area contributed by atoms with Gasteiger partial charge < -0.3 is 11.1 Å². The molecule has 1 aromatic heterocycles. The lowest BCUT2D eigenvalue weighted by molar-refractivity contribution is 0.0952. The van der Waals surface area contributed by atoms with E-state index in [2.05, 4.69) is 15.5 Å². The predicted molar refractivity (Wildman–Crippen MR) is 65.3 cm³/mol. The van der Waals surface area contributed by atoms with Gasteiger partial charge in [0.2, 0.25) is 0 Å². The average molecular weight is 230 g/mol. The van der Waals surface area contributed by atoms with E-state index in [4.69, 9.17) is 5.73 Å². The summed E-state index contributed by atoms with van der Waals surface area (Å²) in [5.74, 6) is 0.0597. The number of anilines is 1. The molecule has 88 valence electrons. The smallest absolute Gasteiger partial charge is 0.256 e. The fraction of sp³-hybridized carbons (Fsp3) is 0.167. The molecule has 1 heterocycles. The first kappa shape index (κ1) is 11.2. The van der Waals surface area contributed by atoms with Crippen molar-refractivity contribution in [2.45, 2.75) is 13.5 Å². The molecule has 0 aliphatic heterocycles. The maximum atomic E-state index is 11.7. The summed E-state index contributed by atoms with van der Waals surface area (Å²) in [5.41, 5.74) is 8.15. The molecule has 0 spiro atoms. The number of aromatic nitrogens is 2. The van der Waals surface area contributed by atoms with Crippen LogP contribution in [0.1, 0.15) is 21.5 Å². The summed E-state index contributed by atoms with van der Waals surface area (Å²) in [6.07, 6.45) is 1.42. The van der Waals surface area contributed by atoms with Crippen molar-refractivity contribution in [2.75, 3.05) is 5.73 Å². The van der Waals surface area contributed by atoms with E-state index in [0.29, 0.717) is 12.1 Å². The maximum absolute atomic E-state index is 11.7. The number of aryl methyl sites for hydroxylation is 1. The third-order valence-corrected chi connectivity index (χ3v) is 2.45. The third kappa shape index (κ3) is 2.63. The molecule has 0 aliphatic carbocycles. The molecule has 5 heteroatoms. The van der Waals surface area contributed by atoms with Crippen LogP contribution in [0.3, 0.4) is 0 Å². The number of benzene rings is 1. The van der Waals surface area contributed by atoms with Crippen molar-refractivity contribution in [3.05, 3.63) is 47.2 Å². The highest BCUT2D eigenvalue weighted by atomic mass is 16.1. The summed E-state index contributed by atoms with van der Waals surface area (Å²) in [5, 5.41) is 9.02. The molecule has 0 atom stereocenters. The molecule has 0 bridgehead atoms. The quantitative estimate of drug-likeness (QED) is 0.741. The van der Waals surface area contributed by atoms with Crippen molar-refractivity contribution in [2.24, 2.45) is 0 Å². The largest absolute Gasteiger partial charge is 0.383 e. The normalized spacial score (nSPS) is 10.2. The van der Waals surface area contributed by atoms with Gasteiger partial charge >= 0.3 is 0 Å². The summed E-state index contributed by atoms with van der Waals surface area (Å²) >= 11 is 0. The van der Waals surface area contributed by atoms with E-state index in [-0.39, 0.29) is 11.7 Å². The van der Waals surface area contributed by atoms with Crippen LogP contribution < -0.4 is 11.1 Å². The van der Waals surface area contributed by atoms with E-state index in [1.807, 2.05) is 31.2 Å². The minimum atomic E-state index is -0.224. The van der Waals surface area contributed by atoms with Crippen molar-refractivity contribution in [1.82, 2.24) is 15.5 Å². The van der Waals surface area contributed by atoms with Crippen LogP contribution in [0.25, 0.3) is 0 Å². The highest BCUT2D eigenvalue weighted by Crippen LogP contribution is 2.07. The molecule has 5 nitrogen and oxygen atoms in total. The second-order valence-corrected chi connectivity index (χ2v) is 3.87. The number of hydrogen-bond donors (Lipinski definition) is 3. The van der Waals surface area contributed by atoms with Gasteiger partial charge in [-0.15, -0.1) is 0 Å². The van der Waals surface area contributed by atoms with Gasteiger partial charge in [-0.3, -0.25) is 9.89 Å². The molecule has 2 rings (SSSR count). The summed E-state index contributed by atoms with van der Waals surface area (Å²) in [4.78, 5) is 11.7. The first-order valence-electron chi connectivity index (χ1n) is 5.29. The number of carbonyl (C=O) groups is 1. The van der Waals surface area contributed by atoms with Gasteiger partial charge in [0.05, 0.1) is 6.20 Å². The van der Waals surface area contributed by atoms with Gasteiger partial charge in [0, 0.05) is 6.54 Å². The molecule has 0 saturated carbocycles. The van der Waals surface area contributed by atoms with Gasteiger partial charge in [-0.25, -0.2) is 0 Å². The second-order valence-electron chi connectivity index (χ2n) is 3.87. The molecule has 0 radical (unpaired) electrons. The molecule has 4 N–H and O–H groups in total. The Morgan fingerprint density at radius 2 is 2.35 bits per heavy atom. The van der Waals surface area contributed by atoms with Gasteiger partial charge in [-0.2, -0.15) is 5.10 Å². The van der Waals surface area contributed by atoms with E-state index in [1.165, 1.54) is 11.8 Å². The Bertz CT molecular complexity index is 533. The lowest BCUT2D eigenvalue weighted by Crippen LogP contribution is -2.23. The highest BCUT2D eigenvalue weighted by Gasteiger charge is 2.10. The zero-order valence-electron chi connectivity index (χ0n) is 9.53. The van der Waals surface area contributed by atoms with E-state index < -0.39 is 0 Å². The fourth-order valence-corrected chi connectivity index (χ4v) is 1.58. The molecule has 1 aromatic carbocycles. The van der Waals surface area contributed by atoms with Crippen LogP contribution >= 0.6 is 0 Å². The number of aromatic amines is 1. The standard InChI is InChI=1S/C12H14N4O/c1-8-3-2-4-9(5-8)6-14-12(17)10-7-15-16-11(10)13/h2-5,7H,6H2,1H3,(H,14,17)(H3,13,15,16). The van der Waals surface area contributed by atoms with E-state index in [1.54, 1.807) is 0 Å². The van der Waals surface area contributed by atoms with Crippen molar-refractivity contribution in [3.63, 3.8) is 0 Å². The topological polar surface area (TPSA) is 83.8 Å². The van der Waals surface area contributed by atoms with E-state index in [0.717, 1.165) is 5.56 Å². The summed E-state index contributed by atoms with van der Waals surface area (Å²) in [6, 6.07) is 7.97. The Hall–Kier alpha value is -2.30. The van der Waals surface area contributed by atoms with E-state index >= 15 is 0 Å². The minimum Gasteiger partial charge on any atom is -0.383 e. The number of carbonyl (C=O) groups excluding carboxylic acids is 1. The maximum Gasteiger partial charge on any atom is 0.256 e. The lowest BCUT2D eigenvalue weighted by Gasteiger charge is -2.05. The van der Waals surface area contributed by atoms with Crippen LogP contribution in [0.2, 0.25) is 0 Å². The van der Waals surface area contributed by atoms with Crippen LogP contribution in [0.4, 0.5) is 5.82 Å². The fourth-order valence-electron chi connectivity index (χ4n) is 1.58. The lowest BCUT2D eigenvalue weighted by atomic mass is 10.1. The molecule has 2 aromatic rings. The molecule has 1 amide bonds. The van der Waals surface area contributed by atoms with Crippen LogP contribution in [-0.2, 0) is 6.54 Å². The third-order valence-electron chi connectivity index (χ3n) is 2.45. The first-order valence-corrected chi connectivity index (χ1v) is 5.29. The number of amides is 1. The Morgan fingerprint density at radius 1 is 1.53 bits per heavy atom. The Morgan fingerprint density at radius 3 is 3.00 bits per heavy atom. The zero-order valence-corrected chi connectivity index (χ0v) is 9.53. The second kappa shape index (κ2) is 4.69. The summed E-state index contributed by atoms with van der Waals surface area (Å²) in [7, 11) is 0. The molecule has 0 saturated heterocycles. The van der Waals surface area contributed by atoms with Crippen LogP contribution in [0.5, 0.6) is 0 Å². The van der Waals surface area contributed by atoms with Gasteiger partial charge in [0.15, 0.2) is 0 Å². The Kier molecular flexibility index (Phi) is 3.09. The van der Waals surface area contributed by atoms with Crippen LogP contribution in [0.15, 0.2) is 30.5 Å². The Labute approximate surface area is 99.0 Å². The minimum absolute atomic E-state index is 0.224. The molecule has 0 fully saturated rings. The Balaban J connectivity index is 1.99. The molecular formula is C12H14N4O. The molecule has 0 unspecified atom stereocenters. The van der Waals surface area contributed by atoms with Crippen molar-refractivity contribution >= 4 is 11.7 Å². The van der Waals surface area contributed by atoms with Gasteiger partial charge in [0.25, 0.3) is 5.91 Å². The van der Waals surface area contributed by atoms with Crippen molar-refractivity contribution in [1.29, 1.82) is 0 Å². The van der Waals surface area contributed by atoms with Gasteiger partial charge in [-0.05, 0) is 12.5 Å². The number of nitrogen functional groups attached to an aromatic ring is 1. The van der Waals surface area contributed by atoms with E-state index in [9.17, 15) is 4.79 Å². The number of nitrogens with zero attached hydrogens (tertiary/aromatic N) is 1. The van der Waals surface area contributed by atoms with Crippen LogP contribution in [0, 0.1) is 6.92 Å².